The number of hydrogen-bond donors (Lipinski definition) is 0. The van der Waals surface area contributed by atoms with Gasteiger partial charge < -0.3 is 4.90 Å². The van der Waals surface area contributed by atoms with E-state index in [9.17, 15) is 4.39 Å². The molecule has 4 nitrogen and oxygen atoms in total. The number of rotatable bonds is 3. The van der Waals surface area contributed by atoms with Crippen LogP contribution in [0.4, 0.5) is 4.39 Å². The molecule has 0 bridgehead atoms. The van der Waals surface area contributed by atoms with Crippen molar-refractivity contribution in [3.63, 3.8) is 0 Å². The molecule has 1 aliphatic rings. The van der Waals surface area contributed by atoms with Gasteiger partial charge in [-0.15, -0.1) is 0 Å². The lowest BCUT2D eigenvalue weighted by atomic mass is 10.00. The molecule has 1 saturated heterocycles. The highest BCUT2D eigenvalue weighted by atomic mass is 19.1. The molecule has 0 radical (unpaired) electrons. The number of likely N-dealkylation sites (tertiary alicyclic amines) is 1. The Labute approximate surface area is 146 Å². The maximum absolute atomic E-state index is 13.3. The fourth-order valence-electron chi connectivity index (χ4n) is 3.52. The first kappa shape index (κ1) is 16.0. The van der Waals surface area contributed by atoms with E-state index in [4.69, 9.17) is 5.10 Å². The van der Waals surface area contributed by atoms with Crippen LogP contribution in [0.25, 0.3) is 22.4 Å². The predicted octanol–water partition coefficient (Wildman–Crippen LogP) is 4.02. The minimum atomic E-state index is -0.225. The average Bonchev–Trinajstić information content (AvgIpc) is 3.09. The molecule has 25 heavy (non-hydrogen) atoms. The molecule has 5 heteroatoms. The molecule has 1 aromatic carbocycles. The van der Waals surface area contributed by atoms with Gasteiger partial charge >= 0.3 is 0 Å². The van der Waals surface area contributed by atoms with Crippen LogP contribution in [0.15, 0.2) is 55.0 Å². The molecule has 4 rings (SSSR count). The van der Waals surface area contributed by atoms with Gasteiger partial charge in [-0.3, -0.25) is 9.67 Å². The van der Waals surface area contributed by atoms with Crippen LogP contribution in [-0.4, -0.2) is 39.8 Å². The van der Waals surface area contributed by atoms with Crippen molar-refractivity contribution in [2.45, 2.75) is 18.9 Å². The van der Waals surface area contributed by atoms with E-state index < -0.39 is 0 Å². The summed E-state index contributed by atoms with van der Waals surface area (Å²) in [4.78, 5) is 6.49. The van der Waals surface area contributed by atoms with Gasteiger partial charge in [-0.25, -0.2) is 4.39 Å². The van der Waals surface area contributed by atoms with Crippen molar-refractivity contribution >= 4 is 0 Å². The third-order valence-electron chi connectivity index (χ3n) is 4.94. The van der Waals surface area contributed by atoms with E-state index in [1.807, 2.05) is 30.5 Å². The number of piperidine rings is 1. The number of nitrogens with zero attached hydrogens (tertiary/aromatic N) is 4. The molecule has 0 spiro atoms. The summed E-state index contributed by atoms with van der Waals surface area (Å²) in [6.45, 7) is 2.15. The van der Waals surface area contributed by atoms with Gasteiger partial charge in [-0.2, -0.15) is 5.10 Å². The van der Waals surface area contributed by atoms with E-state index >= 15 is 0 Å². The van der Waals surface area contributed by atoms with Gasteiger partial charge in [-0.1, -0.05) is 12.1 Å². The van der Waals surface area contributed by atoms with E-state index in [2.05, 4.69) is 21.6 Å². The molecule has 0 N–H and O–H groups in total. The summed E-state index contributed by atoms with van der Waals surface area (Å²) in [6, 6.07) is 11.0. The largest absolute Gasteiger partial charge is 0.306 e. The van der Waals surface area contributed by atoms with Crippen molar-refractivity contribution in [1.29, 1.82) is 0 Å². The second-order valence-corrected chi connectivity index (χ2v) is 6.63. The van der Waals surface area contributed by atoms with Gasteiger partial charge in [0.1, 0.15) is 5.82 Å². The van der Waals surface area contributed by atoms with E-state index in [-0.39, 0.29) is 5.82 Å². The molecule has 3 aromatic rings. The van der Waals surface area contributed by atoms with Crippen LogP contribution in [0, 0.1) is 5.82 Å². The normalized spacial score (nSPS) is 16.2. The number of halogens is 1. The third-order valence-corrected chi connectivity index (χ3v) is 4.94. The molecule has 0 unspecified atom stereocenters. The zero-order chi connectivity index (χ0) is 17.2. The summed E-state index contributed by atoms with van der Waals surface area (Å²) in [7, 11) is 2.16. The predicted molar refractivity (Wildman–Crippen MR) is 96.6 cm³/mol. The Morgan fingerprint density at radius 2 is 1.64 bits per heavy atom. The Kier molecular flexibility index (Phi) is 4.32. The smallest absolute Gasteiger partial charge is 0.123 e. The molecule has 1 aliphatic heterocycles. The van der Waals surface area contributed by atoms with Crippen molar-refractivity contribution in [2.75, 3.05) is 20.1 Å². The molecule has 2 aromatic heterocycles. The molecular weight excluding hydrogens is 315 g/mol. The topological polar surface area (TPSA) is 34.0 Å². The Bertz CT molecular complexity index is 834. The van der Waals surface area contributed by atoms with Crippen molar-refractivity contribution in [2.24, 2.45) is 0 Å². The lowest BCUT2D eigenvalue weighted by Gasteiger charge is -2.30. The van der Waals surface area contributed by atoms with Crippen LogP contribution in [-0.2, 0) is 0 Å². The molecule has 0 saturated carbocycles. The first-order valence-corrected chi connectivity index (χ1v) is 8.65. The lowest BCUT2D eigenvalue weighted by Crippen LogP contribution is -2.32. The Balaban J connectivity index is 1.81. The highest BCUT2D eigenvalue weighted by Gasteiger charge is 2.24. The number of hydrogen-bond acceptors (Lipinski definition) is 3. The zero-order valence-corrected chi connectivity index (χ0v) is 14.3. The zero-order valence-electron chi connectivity index (χ0n) is 14.3. The van der Waals surface area contributed by atoms with Gasteiger partial charge in [0.2, 0.25) is 0 Å². The summed E-state index contributed by atoms with van der Waals surface area (Å²) in [6.07, 6.45) is 7.67. The molecule has 0 amide bonds. The summed E-state index contributed by atoms with van der Waals surface area (Å²) in [5.74, 6) is -0.225. The Hall–Kier alpha value is -2.53. The standard InChI is InChI=1S/C20H21FN4/c1-24-12-8-18(9-13-24)25-20(16-6-10-22-11-7-16)19(14-23-25)15-2-4-17(21)5-3-15/h2-7,10-11,14,18H,8-9,12-13H2,1H3. The summed E-state index contributed by atoms with van der Waals surface area (Å²) in [5.41, 5.74) is 4.19. The van der Waals surface area contributed by atoms with Gasteiger partial charge in [0.15, 0.2) is 0 Å². The number of pyridine rings is 1. The van der Waals surface area contributed by atoms with Crippen LogP contribution >= 0.6 is 0 Å². The average molecular weight is 336 g/mol. The molecule has 1 fully saturated rings. The monoisotopic (exact) mass is 336 g/mol. The van der Waals surface area contributed by atoms with Crippen LogP contribution in [0.5, 0.6) is 0 Å². The van der Waals surface area contributed by atoms with Crippen LogP contribution in [0.2, 0.25) is 0 Å². The quantitative estimate of drug-likeness (QED) is 0.724. The Morgan fingerprint density at radius 1 is 0.960 bits per heavy atom. The highest BCUT2D eigenvalue weighted by Crippen LogP contribution is 2.36. The Morgan fingerprint density at radius 3 is 2.32 bits per heavy atom. The van der Waals surface area contributed by atoms with Crippen molar-refractivity contribution in [3.8, 4) is 22.4 Å². The van der Waals surface area contributed by atoms with Gasteiger partial charge in [0, 0.05) is 23.5 Å². The van der Waals surface area contributed by atoms with Gasteiger partial charge in [0.05, 0.1) is 17.9 Å². The molecule has 3 heterocycles. The SMILES string of the molecule is CN1CCC(n2ncc(-c3ccc(F)cc3)c2-c2ccncc2)CC1. The maximum Gasteiger partial charge on any atom is 0.123 e. The first-order chi connectivity index (χ1) is 12.2. The molecule has 0 aliphatic carbocycles. The second-order valence-electron chi connectivity index (χ2n) is 6.63. The van der Waals surface area contributed by atoms with E-state index in [0.29, 0.717) is 6.04 Å². The summed E-state index contributed by atoms with van der Waals surface area (Å²) < 4.78 is 15.5. The fraction of sp³-hybridized carbons (Fsp3) is 0.300. The van der Waals surface area contributed by atoms with E-state index in [1.54, 1.807) is 12.4 Å². The third kappa shape index (κ3) is 3.20. The molecule has 0 atom stereocenters. The van der Waals surface area contributed by atoms with Crippen LogP contribution in [0.1, 0.15) is 18.9 Å². The molecular formula is C20H21FN4. The minimum Gasteiger partial charge on any atom is -0.306 e. The van der Waals surface area contributed by atoms with Crippen molar-refractivity contribution in [1.82, 2.24) is 19.7 Å². The van der Waals surface area contributed by atoms with Crippen molar-refractivity contribution < 1.29 is 4.39 Å². The maximum atomic E-state index is 13.3. The van der Waals surface area contributed by atoms with Crippen molar-refractivity contribution in [3.05, 3.63) is 60.8 Å². The summed E-state index contributed by atoms with van der Waals surface area (Å²) >= 11 is 0. The van der Waals surface area contributed by atoms with Gasteiger partial charge in [-0.05, 0) is 62.8 Å². The number of aromatic nitrogens is 3. The van der Waals surface area contributed by atoms with E-state index in [1.165, 1.54) is 12.1 Å². The fourth-order valence-corrected chi connectivity index (χ4v) is 3.52. The van der Waals surface area contributed by atoms with E-state index in [0.717, 1.165) is 48.3 Å². The minimum absolute atomic E-state index is 0.225. The first-order valence-electron chi connectivity index (χ1n) is 8.65. The van der Waals surface area contributed by atoms with Crippen LogP contribution < -0.4 is 0 Å². The number of benzene rings is 1. The second kappa shape index (κ2) is 6.76. The highest BCUT2D eigenvalue weighted by molar-refractivity contribution is 5.80. The molecule has 128 valence electrons. The summed E-state index contributed by atoms with van der Waals surface area (Å²) in [5, 5.41) is 4.72. The lowest BCUT2D eigenvalue weighted by molar-refractivity contribution is 0.213. The van der Waals surface area contributed by atoms with Crippen LogP contribution in [0.3, 0.4) is 0 Å². The van der Waals surface area contributed by atoms with Gasteiger partial charge in [0.25, 0.3) is 0 Å².